The summed E-state index contributed by atoms with van der Waals surface area (Å²) in [6.45, 7) is 12.5. The van der Waals surface area contributed by atoms with E-state index in [9.17, 15) is 0 Å². The fourth-order valence-corrected chi connectivity index (χ4v) is 2.32. The van der Waals surface area contributed by atoms with E-state index in [0.717, 1.165) is 6.54 Å². The van der Waals surface area contributed by atoms with E-state index in [1.54, 1.807) is 0 Å². The van der Waals surface area contributed by atoms with Crippen LogP contribution < -0.4 is 5.32 Å². The molecule has 1 heterocycles. The van der Waals surface area contributed by atoms with Crippen LogP contribution in [0.1, 0.15) is 52.2 Å². The van der Waals surface area contributed by atoms with Gasteiger partial charge in [-0.05, 0) is 29.0 Å². The average Bonchev–Trinajstić information content (AvgIpc) is 2.55. The molecule has 1 aliphatic rings. The van der Waals surface area contributed by atoms with Crippen LogP contribution in [0.4, 0.5) is 5.69 Å². The molecule has 0 saturated carbocycles. The minimum Gasteiger partial charge on any atom is -0.384 e. The molecule has 1 aromatic rings. The van der Waals surface area contributed by atoms with Gasteiger partial charge in [-0.25, -0.2) is 0 Å². The summed E-state index contributed by atoms with van der Waals surface area (Å²) in [5.41, 5.74) is 4.80. The Morgan fingerprint density at radius 2 is 2.00 bits per heavy atom. The number of benzene rings is 1. The van der Waals surface area contributed by atoms with Gasteiger partial charge in [0.1, 0.15) is 0 Å². The number of hydrogen-bond acceptors (Lipinski definition) is 1. The molecule has 1 aliphatic heterocycles. The predicted octanol–water partition coefficient (Wildman–Crippen LogP) is 4.08. The zero-order valence-corrected chi connectivity index (χ0v) is 11.1. The van der Waals surface area contributed by atoms with Gasteiger partial charge in [0.15, 0.2) is 0 Å². The summed E-state index contributed by atoms with van der Waals surface area (Å²) in [5, 5.41) is 3.53. The molecule has 0 atom stereocenters. The number of rotatable bonds is 2. The van der Waals surface area contributed by atoms with Crippen LogP contribution in [-0.2, 0) is 10.8 Å². The highest BCUT2D eigenvalue weighted by atomic mass is 14.9. The lowest BCUT2D eigenvalue weighted by Crippen LogP contribution is -2.19. The second-order valence-electron chi connectivity index (χ2n) is 6.24. The first-order valence-corrected chi connectivity index (χ1v) is 6.26. The molecular weight excluding hydrogens is 194 g/mol. The highest BCUT2D eigenvalue weighted by molar-refractivity contribution is 5.61. The Balaban J connectivity index is 2.43. The Morgan fingerprint density at radius 3 is 2.62 bits per heavy atom. The van der Waals surface area contributed by atoms with Gasteiger partial charge >= 0.3 is 0 Å². The molecule has 0 fully saturated rings. The fraction of sp³-hybridized carbons (Fsp3) is 0.600. The topological polar surface area (TPSA) is 12.0 Å². The van der Waals surface area contributed by atoms with Crippen molar-refractivity contribution in [2.75, 3.05) is 11.9 Å². The van der Waals surface area contributed by atoms with Gasteiger partial charge in [0.2, 0.25) is 0 Å². The maximum Gasteiger partial charge on any atom is 0.0382 e. The van der Waals surface area contributed by atoms with E-state index in [4.69, 9.17) is 0 Å². The molecule has 0 unspecified atom stereocenters. The Labute approximate surface area is 99.3 Å². The Hall–Kier alpha value is -0.980. The summed E-state index contributed by atoms with van der Waals surface area (Å²) in [7, 11) is 0. The lowest BCUT2D eigenvalue weighted by Gasteiger charge is -2.24. The lowest BCUT2D eigenvalue weighted by molar-refractivity contribution is 0.506. The molecular formula is C15H23N. The number of anilines is 1. The van der Waals surface area contributed by atoms with Crippen LogP contribution >= 0.6 is 0 Å². The monoisotopic (exact) mass is 217 g/mol. The van der Waals surface area contributed by atoms with Crippen LogP contribution in [0.3, 0.4) is 0 Å². The highest BCUT2D eigenvalue weighted by Gasteiger charge is 2.30. The summed E-state index contributed by atoms with van der Waals surface area (Å²) in [4.78, 5) is 0. The first kappa shape index (κ1) is 11.5. The van der Waals surface area contributed by atoms with E-state index in [2.05, 4.69) is 58.1 Å². The van der Waals surface area contributed by atoms with E-state index < -0.39 is 0 Å². The molecule has 1 heteroatoms. The van der Waals surface area contributed by atoms with Crippen molar-refractivity contribution in [1.29, 1.82) is 0 Å². The maximum absolute atomic E-state index is 3.53. The number of fused-ring (bicyclic) bond motifs is 1. The highest BCUT2D eigenvalue weighted by Crippen LogP contribution is 2.39. The number of nitrogens with one attached hydrogen (secondary N) is 1. The van der Waals surface area contributed by atoms with Gasteiger partial charge in [0.25, 0.3) is 0 Å². The van der Waals surface area contributed by atoms with Crippen LogP contribution in [0.2, 0.25) is 0 Å². The van der Waals surface area contributed by atoms with Crippen molar-refractivity contribution >= 4 is 5.69 Å². The van der Waals surface area contributed by atoms with E-state index in [-0.39, 0.29) is 10.8 Å². The Morgan fingerprint density at radius 1 is 1.31 bits per heavy atom. The van der Waals surface area contributed by atoms with Crippen LogP contribution in [0.25, 0.3) is 0 Å². The summed E-state index contributed by atoms with van der Waals surface area (Å²) in [6.07, 6.45) is 1.18. The molecule has 1 N–H and O–H groups in total. The molecule has 0 radical (unpaired) electrons. The minimum atomic E-state index is 0.281. The molecule has 2 rings (SSSR count). The summed E-state index contributed by atoms with van der Waals surface area (Å²) < 4.78 is 0. The third-order valence-electron chi connectivity index (χ3n) is 4.13. The summed E-state index contributed by atoms with van der Waals surface area (Å²) >= 11 is 0. The lowest BCUT2D eigenvalue weighted by atomic mass is 9.80. The second kappa shape index (κ2) is 3.51. The van der Waals surface area contributed by atoms with E-state index in [0.29, 0.717) is 0 Å². The average molecular weight is 217 g/mol. The van der Waals surface area contributed by atoms with Crippen molar-refractivity contribution in [2.24, 2.45) is 0 Å². The van der Waals surface area contributed by atoms with Crippen LogP contribution in [0.5, 0.6) is 0 Å². The largest absolute Gasteiger partial charge is 0.384 e. The SMILES string of the molecule is CCC(C)(C)c1ccc2c(c1)NCC2(C)C. The number of hydrogen-bond donors (Lipinski definition) is 1. The van der Waals surface area contributed by atoms with Crippen LogP contribution in [0, 0.1) is 0 Å². The minimum absolute atomic E-state index is 0.281. The van der Waals surface area contributed by atoms with E-state index >= 15 is 0 Å². The van der Waals surface area contributed by atoms with Crippen molar-refractivity contribution in [3.8, 4) is 0 Å². The molecule has 0 amide bonds. The zero-order chi connectivity index (χ0) is 12.0. The quantitative estimate of drug-likeness (QED) is 0.787. The van der Waals surface area contributed by atoms with Crippen LogP contribution in [0.15, 0.2) is 18.2 Å². The summed E-state index contributed by atoms with van der Waals surface area (Å²) in [5.74, 6) is 0. The Kier molecular flexibility index (Phi) is 2.52. The van der Waals surface area contributed by atoms with Crippen molar-refractivity contribution < 1.29 is 0 Å². The molecule has 0 aromatic heterocycles. The van der Waals surface area contributed by atoms with E-state index in [1.807, 2.05) is 0 Å². The fourth-order valence-electron chi connectivity index (χ4n) is 2.32. The van der Waals surface area contributed by atoms with Crippen molar-refractivity contribution in [1.82, 2.24) is 0 Å². The zero-order valence-electron chi connectivity index (χ0n) is 11.1. The molecule has 16 heavy (non-hydrogen) atoms. The standard InChI is InChI=1S/C15H23N/c1-6-14(2,3)11-7-8-12-13(9-11)16-10-15(12,4)5/h7-9,16H,6,10H2,1-5H3. The molecule has 1 aromatic carbocycles. The molecule has 0 saturated heterocycles. The van der Waals surface area contributed by atoms with Gasteiger partial charge in [-0.3, -0.25) is 0 Å². The van der Waals surface area contributed by atoms with E-state index in [1.165, 1.54) is 23.2 Å². The molecule has 0 spiro atoms. The van der Waals surface area contributed by atoms with Crippen molar-refractivity contribution in [2.45, 2.75) is 51.9 Å². The van der Waals surface area contributed by atoms with Crippen molar-refractivity contribution in [3.05, 3.63) is 29.3 Å². The van der Waals surface area contributed by atoms with Gasteiger partial charge in [-0.2, -0.15) is 0 Å². The normalized spacial score (nSPS) is 18.1. The Bertz CT molecular complexity index is 402. The van der Waals surface area contributed by atoms with Crippen LogP contribution in [-0.4, -0.2) is 6.54 Å². The van der Waals surface area contributed by atoms with Gasteiger partial charge in [-0.15, -0.1) is 0 Å². The van der Waals surface area contributed by atoms with Gasteiger partial charge < -0.3 is 5.32 Å². The molecule has 0 bridgehead atoms. The smallest absolute Gasteiger partial charge is 0.0382 e. The first-order chi connectivity index (χ1) is 7.37. The summed E-state index contributed by atoms with van der Waals surface area (Å²) in [6, 6.07) is 6.95. The second-order valence-corrected chi connectivity index (χ2v) is 6.24. The maximum atomic E-state index is 3.53. The first-order valence-electron chi connectivity index (χ1n) is 6.26. The van der Waals surface area contributed by atoms with Crippen molar-refractivity contribution in [3.63, 3.8) is 0 Å². The third-order valence-corrected chi connectivity index (χ3v) is 4.13. The molecule has 1 nitrogen and oxygen atoms in total. The van der Waals surface area contributed by atoms with Gasteiger partial charge in [0, 0.05) is 17.6 Å². The molecule has 0 aliphatic carbocycles. The third kappa shape index (κ3) is 1.73. The predicted molar refractivity (Wildman–Crippen MR) is 71.3 cm³/mol. The molecule has 88 valence electrons. The van der Waals surface area contributed by atoms with Gasteiger partial charge in [0.05, 0.1) is 0 Å². The van der Waals surface area contributed by atoms with Gasteiger partial charge in [-0.1, -0.05) is 46.8 Å².